The van der Waals surface area contributed by atoms with E-state index in [9.17, 15) is 14.4 Å². The normalized spacial score (nSPS) is 21.4. The zero-order valence-electron chi connectivity index (χ0n) is 18.3. The summed E-state index contributed by atoms with van der Waals surface area (Å²) in [6, 6.07) is 24.7. The summed E-state index contributed by atoms with van der Waals surface area (Å²) in [5, 5.41) is 0. The van der Waals surface area contributed by atoms with Crippen LogP contribution in [0.1, 0.15) is 31.1 Å². The zero-order chi connectivity index (χ0) is 24.0. The highest BCUT2D eigenvalue weighted by Crippen LogP contribution is 2.35. The lowest BCUT2D eigenvalue weighted by Crippen LogP contribution is -2.51. The SMILES string of the molecule is CO[C@@]1(OC(=O)c2ccccc2)OC[C@H](OC(=O)c2ccccc2)[C@@H]1OC(=O)c1ccccc1. The number of esters is 3. The fourth-order valence-corrected chi connectivity index (χ4v) is 3.44. The van der Waals surface area contributed by atoms with Crippen molar-refractivity contribution in [3.05, 3.63) is 108 Å². The number of ether oxygens (including phenoxy) is 5. The first-order chi connectivity index (χ1) is 16.5. The van der Waals surface area contributed by atoms with Crippen LogP contribution in [0.2, 0.25) is 0 Å². The zero-order valence-corrected chi connectivity index (χ0v) is 18.3. The molecule has 0 aromatic heterocycles. The van der Waals surface area contributed by atoms with Gasteiger partial charge in [-0.25, -0.2) is 14.4 Å². The molecular formula is C26H22O8. The van der Waals surface area contributed by atoms with Crippen LogP contribution >= 0.6 is 0 Å². The number of rotatable bonds is 7. The molecule has 1 heterocycles. The molecule has 0 radical (unpaired) electrons. The molecule has 174 valence electrons. The van der Waals surface area contributed by atoms with Gasteiger partial charge in [-0.1, -0.05) is 54.6 Å². The van der Waals surface area contributed by atoms with Crippen molar-refractivity contribution in [1.82, 2.24) is 0 Å². The number of hydrogen-bond donors (Lipinski definition) is 0. The third-order valence-corrected chi connectivity index (χ3v) is 5.18. The fourth-order valence-electron chi connectivity index (χ4n) is 3.44. The van der Waals surface area contributed by atoms with Gasteiger partial charge in [-0.2, -0.15) is 0 Å². The van der Waals surface area contributed by atoms with E-state index in [1.807, 2.05) is 0 Å². The molecule has 8 nitrogen and oxygen atoms in total. The number of hydrogen-bond acceptors (Lipinski definition) is 8. The smallest absolute Gasteiger partial charge is 0.372 e. The van der Waals surface area contributed by atoms with Crippen LogP contribution in [0.25, 0.3) is 0 Å². The highest BCUT2D eigenvalue weighted by atomic mass is 16.9. The van der Waals surface area contributed by atoms with Crippen molar-refractivity contribution in [2.24, 2.45) is 0 Å². The Bertz CT molecular complexity index is 1130. The summed E-state index contributed by atoms with van der Waals surface area (Å²) in [6.07, 6.45) is -2.51. The van der Waals surface area contributed by atoms with Crippen molar-refractivity contribution in [1.29, 1.82) is 0 Å². The van der Waals surface area contributed by atoms with E-state index in [1.54, 1.807) is 91.0 Å². The van der Waals surface area contributed by atoms with Gasteiger partial charge in [0, 0.05) is 7.11 Å². The van der Waals surface area contributed by atoms with Crippen LogP contribution in [0.3, 0.4) is 0 Å². The Morgan fingerprint density at radius 1 is 0.706 bits per heavy atom. The second-order valence-electron chi connectivity index (χ2n) is 7.38. The van der Waals surface area contributed by atoms with Crippen molar-refractivity contribution < 1.29 is 38.1 Å². The van der Waals surface area contributed by atoms with Gasteiger partial charge in [0.25, 0.3) is 0 Å². The first-order valence-electron chi connectivity index (χ1n) is 10.5. The van der Waals surface area contributed by atoms with E-state index in [0.29, 0.717) is 5.56 Å². The van der Waals surface area contributed by atoms with E-state index in [0.717, 1.165) is 0 Å². The summed E-state index contributed by atoms with van der Waals surface area (Å²) in [5.41, 5.74) is 0.786. The number of methoxy groups -OCH3 is 1. The Morgan fingerprint density at radius 2 is 1.15 bits per heavy atom. The van der Waals surface area contributed by atoms with E-state index in [4.69, 9.17) is 23.7 Å². The monoisotopic (exact) mass is 462 g/mol. The predicted molar refractivity (Wildman–Crippen MR) is 119 cm³/mol. The van der Waals surface area contributed by atoms with Crippen LogP contribution in [-0.4, -0.2) is 49.8 Å². The fraction of sp³-hybridized carbons (Fsp3) is 0.192. The summed E-state index contributed by atoms with van der Waals surface area (Å²) in [4.78, 5) is 38.3. The molecule has 0 N–H and O–H groups in total. The van der Waals surface area contributed by atoms with Crippen LogP contribution in [-0.2, 0) is 23.7 Å². The quantitative estimate of drug-likeness (QED) is 0.298. The second kappa shape index (κ2) is 10.3. The van der Waals surface area contributed by atoms with Gasteiger partial charge in [-0.15, -0.1) is 0 Å². The van der Waals surface area contributed by atoms with Gasteiger partial charge in [0.05, 0.1) is 23.3 Å². The summed E-state index contributed by atoms with van der Waals surface area (Å²) >= 11 is 0. The molecule has 1 aliphatic heterocycles. The average Bonchev–Trinajstić information content (AvgIpc) is 3.22. The molecule has 0 unspecified atom stereocenters. The number of carbonyl (C=O) groups is 3. The van der Waals surface area contributed by atoms with Gasteiger partial charge in [0.1, 0.15) is 0 Å². The van der Waals surface area contributed by atoms with E-state index >= 15 is 0 Å². The Labute approximate surface area is 196 Å². The molecular weight excluding hydrogens is 440 g/mol. The maximum atomic E-state index is 12.8. The highest BCUT2D eigenvalue weighted by molar-refractivity contribution is 5.91. The van der Waals surface area contributed by atoms with Crippen LogP contribution < -0.4 is 0 Å². The van der Waals surface area contributed by atoms with Gasteiger partial charge in [0.15, 0.2) is 6.10 Å². The molecule has 34 heavy (non-hydrogen) atoms. The van der Waals surface area contributed by atoms with E-state index < -0.39 is 36.1 Å². The molecule has 8 heteroatoms. The first kappa shape index (κ1) is 23.2. The molecule has 1 fully saturated rings. The van der Waals surface area contributed by atoms with Crippen molar-refractivity contribution >= 4 is 17.9 Å². The standard InChI is InChI=1S/C26H22O8/c1-30-26(34-25(29)20-15-9-4-10-16-20)22(33-24(28)19-13-7-3-8-14-19)21(17-31-26)32-23(27)18-11-5-2-6-12-18/h2-16,21-22H,17H2,1H3/t21-,22-,26+/m0/s1. The summed E-state index contributed by atoms with van der Waals surface area (Å²) in [5.74, 6) is -4.28. The number of carbonyl (C=O) groups excluding carboxylic acids is 3. The van der Waals surface area contributed by atoms with E-state index in [1.165, 1.54) is 7.11 Å². The minimum Gasteiger partial charge on any atom is -0.452 e. The largest absolute Gasteiger partial charge is 0.452 e. The van der Waals surface area contributed by atoms with E-state index in [2.05, 4.69) is 0 Å². The van der Waals surface area contributed by atoms with Gasteiger partial charge in [-0.05, 0) is 36.4 Å². The highest BCUT2D eigenvalue weighted by Gasteiger charge is 2.59. The molecule has 4 rings (SSSR count). The van der Waals surface area contributed by atoms with Crippen molar-refractivity contribution in [2.75, 3.05) is 13.7 Å². The molecule has 0 bridgehead atoms. The first-order valence-corrected chi connectivity index (χ1v) is 10.5. The van der Waals surface area contributed by atoms with Gasteiger partial charge < -0.3 is 23.7 Å². The lowest BCUT2D eigenvalue weighted by Gasteiger charge is -2.32. The minimum absolute atomic E-state index is 0.235. The molecule has 1 saturated heterocycles. The van der Waals surface area contributed by atoms with Gasteiger partial charge >= 0.3 is 23.9 Å². The van der Waals surface area contributed by atoms with Crippen LogP contribution in [0.5, 0.6) is 0 Å². The lowest BCUT2D eigenvalue weighted by atomic mass is 10.1. The molecule has 3 aromatic carbocycles. The van der Waals surface area contributed by atoms with Crippen LogP contribution in [0.15, 0.2) is 91.0 Å². The predicted octanol–water partition coefficient (Wildman–Crippen LogP) is 3.63. The van der Waals surface area contributed by atoms with Crippen molar-refractivity contribution in [2.45, 2.75) is 18.2 Å². The Morgan fingerprint density at radius 3 is 1.62 bits per heavy atom. The third kappa shape index (κ3) is 4.98. The van der Waals surface area contributed by atoms with Crippen molar-refractivity contribution in [3.8, 4) is 0 Å². The molecule has 3 atom stereocenters. The minimum atomic E-state index is -2.13. The Hall–Kier alpha value is -4.01. The second-order valence-corrected chi connectivity index (χ2v) is 7.38. The average molecular weight is 462 g/mol. The maximum absolute atomic E-state index is 12.8. The molecule has 0 spiro atoms. The topological polar surface area (TPSA) is 97.4 Å². The van der Waals surface area contributed by atoms with Crippen molar-refractivity contribution in [3.63, 3.8) is 0 Å². The van der Waals surface area contributed by atoms with Gasteiger partial charge in [0.2, 0.25) is 6.10 Å². The maximum Gasteiger partial charge on any atom is 0.372 e. The molecule has 0 amide bonds. The molecule has 0 saturated carbocycles. The Kier molecular flexibility index (Phi) is 7.01. The molecule has 3 aromatic rings. The third-order valence-electron chi connectivity index (χ3n) is 5.18. The van der Waals surface area contributed by atoms with Gasteiger partial charge in [-0.3, -0.25) is 0 Å². The Balaban J connectivity index is 1.61. The van der Waals surface area contributed by atoms with Crippen LogP contribution in [0, 0.1) is 0 Å². The number of benzene rings is 3. The molecule has 0 aliphatic carbocycles. The summed E-state index contributed by atoms with van der Waals surface area (Å²) in [7, 11) is 1.24. The molecule has 1 aliphatic rings. The van der Waals surface area contributed by atoms with E-state index in [-0.39, 0.29) is 17.7 Å². The summed E-state index contributed by atoms with van der Waals surface area (Å²) in [6.45, 7) is -0.235. The van der Waals surface area contributed by atoms with Crippen LogP contribution in [0.4, 0.5) is 0 Å². The lowest BCUT2D eigenvalue weighted by molar-refractivity contribution is -0.352. The summed E-state index contributed by atoms with van der Waals surface area (Å²) < 4.78 is 27.9.